The van der Waals surface area contributed by atoms with Gasteiger partial charge in [0.1, 0.15) is 11.5 Å². The van der Waals surface area contributed by atoms with Gasteiger partial charge in [0.05, 0.1) is 25.8 Å². The summed E-state index contributed by atoms with van der Waals surface area (Å²) in [5.41, 5.74) is 0. The Bertz CT molecular complexity index is 578. The fourth-order valence-electron chi connectivity index (χ4n) is 3.73. The zero-order valence-corrected chi connectivity index (χ0v) is 19.3. The van der Waals surface area contributed by atoms with E-state index >= 15 is 0 Å². The van der Waals surface area contributed by atoms with E-state index in [2.05, 4.69) is 35.0 Å². The lowest BCUT2D eigenvalue weighted by atomic mass is 9.99. The fourth-order valence-corrected chi connectivity index (χ4v) is 3.73. The van der Waals surface area contributed by atoms with Gasteiger partial charge in [0, 0.05) is 32.7 Å². The smallest absolute Gasteiger partial charge is 0.193 e. The van der Waals surface area contributed by atoms with Crippen LogP contribution in [0.1, 0.15) is 44.3 Å². The van der Waals surface area contributed by atoms with E-state index in [9.17, 15) is 0 Å². The van der Waals surface area contributed by atoms with E-state index in [1.165, 1.54) is 12.8 Å². The Morgan fingerprint density at radius 1 is 1.22 bits per heavy atom. The van der Waals surface area contributed by atoms with Gasteiger partial charge in [-0.25, -0.2) is 0 Å². The summed E-state index contributed by atoms with van der Waals surface area (Å²) in [5.74, 6) is 3.83. The molecular formula is C20H35IN4O2. The number of likely N-dealkylation sites (tertiary alicyclic amines) is 1. The molecule has 27 heavy (non-hydrogen) atoms. The molecule has 7 heteroatoms. The van der Waals surface area contributed by atoms with E-state index < -0.39 is 0 Å². The molecule has 1 N–H and O–H groups in total. The maximum absolute atomic E-state index is 5.96. The van der Waals surface area contributed by atoms with Crippen molar-refractivity contribution in [3.63, 3.8) is 0 Å². The predicted molar refractivity (Wildman–Crippen MR) is 120 cm³/mol. The molecule has 0 aliphatic carbocycles. The number of piperidine rings is 1. The number of halogens is 1. The third kappa shape index (κ3) is 6.35. The first-order valence-corrected chi connectivity index (χ1v) is 10.1. The van der Waals surface area contributed by atoms with Crippen LogP contribution >= 0.6 is 24.0 Å². The molecular weight excluding hydrogens is 455 g/mol. The van der Waals surface area contributed by atoms with Crippen molar-refractivity contribution in [2.45, 2.75) is 39.7 Å². The van der Waals surface area contributed by atoms with Gasteiger partial charge in [-0.15, -0.1) is 24.0 Å². The summed E-state index contributed by atoms with van der Waals surface area (Å²) >= 11 is 0. The van der Waals surface area contributed by atoms with Gasteiger partial charge < -0.3 is 19.4 Å². The van der Waals surface area contributed by atoms with Gasteiger partial charge in [-0.05, 0) is 44.7 Å². The summed E-state index contributed by atoms with van der Waals surface area (Å²) in [6.45, 7) is 13.7. The van der Waals surface area contributed by atoms with Gasteiger partial charge in [-0.1, -0.05) is 6.92 Å². The Balaban J connectivity index is 0.00000261. The third-order valence-electron chi connectivity index (χ3n) is 5.41. The quantitative estimate of drug-likeness (QED) is 0.390. The van der Waals surface area contributed by atoms with E-state index in [0.717, 1.165) is 69.3 Å². The highest BCUT2D eigenvalue weighted by Gasteiger charge is 2.26. The first-order chi connectivity index (χ1) is 12.7. The van der Waals surface area contributed by atoms with Crippen molar-refractivity contribution in [3.05, 3.63) is 23.7 Å². The lowest BCUT2D eigenvalue weighted by molar-refractivity contribution is 0.0134. The fraction of sp³-hybridized carbons (Fsp3) is 0.750. The molecule has 0 amide bonds. The minimum atomic E-state index is 0. The number of ether oxygens (including phenoxy) is 1. The Kier molecular flexibility index (Phi) is 9.38. The average molecular weight is 490 g/mol. The van der Waals surface area contributed by atoms with Gasteiger partial charge >= 0.3 is 0 Å². The normalized spacial score (nSPS) is 21.0. The van der Waals surface area contributed by atoms with E-state index in [1.807, 2.05) is 13.0 Å². The summed E-state index contributed by atoms with van der Waals surface area (Å²) in [6, 6.07) is 4.31. The van der Waals surface area contributed by atoms with Crippen molar-refractivity contribution in [1.29, 1.82) is 0 Å². The number of nitrogens with zero attached hydrogens (tertiary/aromatic N) is 3. The standard InChI is InChI=1S/C20H34N4O2.HI/c1-4-21-20(24-9-7-16(2)8-10-24)22-15-18(19-6-5-17(3)26-19)23-11-13-25-14-12-23;/h5-6,16,18H,4,7-15H2,1-3H3,(H,21,22);1H. The molecule has 2 aliphatic rings. The zero-order chi connectivity index (χ0) is 18.4. The van der Waals surface area contributed by atoms with Crippen LogP contribution in [0.5, 0.6) is 0 Å². The van der Waals surface area contributed by atoms with Crippen molar-refractivity contribution in [3.8, 4) is 0 Å². The highest BCUT2D eigenvalue weighted by atomic mass is 127. The van der Waals surface area contributed by atoms with Crippen LogP contribution in [-0.2, 0) is 4.74 Å². The van der Waals surface area contributed by atoms with Crippen LogP contribution in [0.25, 0.3) is 0 Å². The van der Waals surface area contributed by atoms with Crippen LogP contribution in [0.2, 0.25) is 0 Å². The molecule has 1 aromatic heterocycles. The summed E-state index contributed by atoms with van der Waals surface area (Å²) in [6.07, 6.45) is 2.49. The van der Waals surface area contributed by atoms with Crippen LogP contribution in [-0.4, -0.2) is 68.2 Å². The van der Waals surface area contributed by atoms with Crippen LogP contribution in [0.3, 0.4) is 0 Å². The van der Waals surface area contributed by atoms with Gasteiger partial charge in [-0.3, -0.25) is 9.89 Å². The second-order valence-electron chi connectivity index (χ2n) is 7.48. The number of guanidine groups is 1. The van der Waals surface area contributed by atoms with Crippen molar-refractivity contribution >= 4 is 29.9 Å². The van der Waals surface area contributed by atoms with Crippen LogP contribution in [0.15, 0.2) is 21.5 Å². The van der Waals surface area contributed by atoms with Gasteiger partial charge in [0.2, 0.25) is 0 Å². The third-order valence-corrected chi connectivity index (χ3v) is 5.41. The number of hydrogen-bond donors (Lipinski definition) is 1. The first kappa shape index (κ1) is 22.5. The molecule has 0 saturated carbocycles. The lowest BCUT2D eigenvalue weighted by Gasteiger charge is -2.35. The predicted octanol–water partition coefficient (Wildman–Crippen LogP) is 3.28. The Labute approximate surface area is 180 Å². The van der Waals surface area contributed by atoms with Crippen molar-refractivity contribution in [2.75, 3.05) is 52.5 Å². The van der Waals surface area contributed by atoms with Crippen LogP contribution < -0.4 is 5.32 Å². The summed E-state index contributed by atoms with van der Waals surface area (Å²) in [7, 11) is 0. The highest BCUT2D eigenvalue weighted by Crippen LogP contribution is 2.25. The molecule has 0 bridgehead atoms. The SMILES string of the molecule is CCNC(=NCC(c1ccc(C)o1)N1CCOCC1)N1CCC(C)CC1.I. The molecule has 3 rings (SSSR count). The van der Waals surface area contributed by atoms with Crippen molar-refractivity contribution in [1.82, 2.24) is 15.1 Å². The Morgan fingerprint density at radius 2 is 1.93 bits per heavy atom. The molecule has 6 nitrogen and oxygen atoms in total. The summed E-state index contributed by atoms with van der Waals surface area (Å²) in [4.78, 5) is 9.86. The zero-order valence-electron chi connectivity index (χ0n) is 16.9. The van der Waals surface area contributed by atoms with Gasteiger partial charge in [-0.2, -0.15) is 0 Å². The topological polar surface area (TPSA) is 53.2 Å². The minimum absolute atomic E-state index is 0. The number of aliphatic imine (C=N–C) groups is 1. The van der Waals surface area contributed by atoms with Gasteiger partial charge in [0.25, 0.3) is 0 Å². The second-order valence-corrected chi connectivity index (χ2v) is 7.48. The Morgan fingerprint density at radius 3 is 2.52 bits per heavy atom. The molecule has 0 radical (unpaired) electrons. The monoisotopic (exact) mass is 490 g/mol. The number of furan rings is 1. The van der Waals surface area contributed by atoms with E-state index in [0.29, 0.717) is 6.54 Å². The van der Waals surface area contributed by atoms with E-state index in [1.54, 1.807) is 0 Å². The number of nitrogens with one attached hydrogen (secondary N) is 1. The molecule has 2 fully saturated rings. The highest BCUT2D eigenvalue weighted by molar-refractivity contribution is 14.0. The largest absolute Gasteiger partial charge is 0.465 e. The number of aryl methyl sites for hydroxylation is 1. The van der Waals surface area contributed by atoms with Crippen molar-refractivity contribution in [2.24, 2.45) is 10.9 Å². The average Bonchev–Trinajstić information content (AvgIpc) is 3.09. The molecule has 1 unspecified atom stereocenters. The second kappa shape index (κ2) is 11.3. The summed E-state index contributed by atoms with van der Waals surface area (Å²) < 4.78 is 11.5. The molecule has 3 heterocycles. The molecule has 2 saturated heterocycles. The Hall–Kier alpha value is -0.800. The lowest BCUT2D eigenvalue weighted by Crippen LogP contribution is -2.46. The maximum Gasteiger partial charge on any atom is 0.193 e. The number of morpholine rings is 1. The molecule has 2 aliphatic heterocycles. The summed E-state index contributed by atoms with van der Waals surface area (Å²) in [5, 5.41) is 3.48. The first-order valence-electron chi connectivity index (χ1n) is 10.1. The molecule has 154 valence electrons. The minimum Gasteiger partial charge on any atom is -0.465 e. The molecule has 1 atom stereocenters. The molecule has 1 aromatic rings. The molecule has 0 aromatic carbocycles. The number of hydrogen-bond acceptors (Lipinski definition) is 4. The van der Waals surface area contributed by atoms with Crippen LogP contribution in [0.4, 0.5) is 0 Å². The molecule has 0 spiro atoms. The number of rotatable bonds is 5. The van der Waals surface area contributed by atoms with Crippen LogP contribution in [0, 0.1) is 12.8 Å². The van der Waals surface area contributed by atoms with E-state index in [4.69, 9.17) is 14.1 Å². The maximum atomic E-state index is 5.96. The van der Waals surface area contributed by atoms with E-state index in [-0.39, 0.29) is 30.0 Å². The van der Waals surface area contributed by atoms with Crippen molar-refractivity contribution < 1.29 is 9.15 Å². The van der Waals surface area contributed by atoms with Gasteiger partial charge in [0.15, 0.2) is 5.96 Å².